The summed E-state index contributed by atoms with van der Waals surface area (Å²) in [6.07, 6.45) is 38.6. The quantitative estimate of drug-likeness (QED) is 0.0712. The Hall–Kier alpha value is -0.530. The first-order valence-corrected chi connectivity index (χ1v) is 16.9. The van der Waals surface area contributed by atoms with E-state index in [4.69, 9.17) is 4.74 Å². The number of esters is 1. The van der Waals surface area contributed by atoms with E-state index in [-0.39, 0.29) is 12.1 Å². The van der Waals surface area contributed by atoms with Gasteiger partial charge in [-0.25, -0.2) is 0 Å². The summed E-state index contributed by atoms with van der Waals surface area (Å²) in [5.74, 6) is 0.0240. The minimum absolute atomic E-state index is 0.0240. The molecular formula is C34H68O2. The highest BCUT2D eigenvalue weighted by Crippen LogP contribution is 2.16. The number of unbranched alkanes of at least 4 members (excludes halogenated alkanes) is 25. The summed E-state index contributed by atoms with van der Waals surface area (Å²) in [5.41, 5.74) is 0. The summed E-state index contributed by atoms with van der Waals surface area (Å²) in [6, 6.07) is 0. The van der Waals surface area contributed by atoms with Crippen molar-refractivity contribution in [1.82, 2.24) is 0 Å². The molecule has 2 heteroatoms. The smallest absolute Gasteiger partial charge is 0.306 e. The van der Waals surface area contributed by atoms with Crippen LogP contribution < -0.4 is 0 Å². The summed E-state index contributed by atoms with van der Waals surface area (Å²) in [5, 5.41) is 0. The lowest BCUT2D eigenvalue weighted by Crippen LogP contribution is -2.14. The van der Waals surface area contributed by atoms with Gasteiger partial charge in [0.1, 0.15) is 0 Å². The van der Waals surface area contributed by atoms with Gasteiger partial charge in [-0.3, -0.25) is 4.79 Å². The fourth-order valence-corrected chi connectivity index (χ4v) is 5.26. The number of carbonyl (C=O) groups is 1. The van der Waals surface area contributed by atoms with Gasteiger partial charge in [-0.05, 0) is 26.2 Å². The fourth-order valence-electron chi connectivity index (χ4n) is 5.26. The second-order valence-electron chi connectivity index (χ2n) is 11.7. The molecule has 0 N–H and O–H groups in total. The first kappa shape index (κ1) is 35.5. The van der Waals surface area contributed by atoms with Crippen LogP contribution in [-0.4, -0.2) is 12.1 Å². The van der Waals surface area contributed by atoms with Gasteiger partial charge in [0.05, 0.1) is 6.10 Å². The van der Waals surface area contributed by atoms with Crippen molar-refractivity contribution < 1.29 is 9.53 Å². The molecule has 0 aromatic rings. The van der Waals surface area contributed by atoms with Crippen LogP contribution in [0.4, 0.5) is 0 Å². The van der Waals surface area contributed by atoms with Crippen LogP contribution in [0.15, 0.2) is 0 Å². The van der Waals surface area contributed by atoms with Gasteiger partial charge in [-0.2, -0.15) is 0 Å². The van der Waals surface area contributed by atoms with Gasteiger partial charge in [-0.15, -0.1) is 0 Å². The summed E-state index contributed by atoms with van der Waals surface area (Å²) in [6.45, 7) is 6.65. The van der Waals surface area contributed by atoms with E-state index in [1.165, 1.54) is 167 Å². The molecule has 216 valence electrons. The van der Waals surface area contributed by atoms with E-state index in [2.05, 4.69) is 20.8 Å². The van der Waals surface area contributed by atoms with Gasteiger partial charge in [0, 0.05) is 6.42 Å². The lowest BCUT2D eigenvalue weighted by Gasteiger charge is -2.13. The third-order valence-electron chi connectivity index (χ3n) is 7.78. The maximum absolute atomic E-state index is 12.1. The Morgan fingerprint density at radius 2 is 0.722 bits per heavy atom. The van der Waals surface area contributed by atoms with Gasteiger partial charge in [0.15, 0.2) is 0 Å². The maximum atomic E-state index is 12.1. The van der Waals surface area contributed by atoms with E-state index in [9.17, 15) is 4.79 Å². The van der Waals surface area contributed by atoms with E-state index >= 15 is 0 Å². The van der Waals surface area contributed by atoms with Crippen LogP contribution in [-0.2, 0) is 9.53 Å². The molecule has 36 heavy (non-hydrogen) atoms. The molecule has 0 heterocycles. The normalized spacial score (nSPS) is 12.2. The average Bonchev–Trinajstić information content (AvgIpc) is 2.87. The van der Waals surface area contributed by atoms with Gasteiger partial charge in [0.25, 0.3) is 0 Å². The molecule has 0 aliphatic heterocycles. The number of hydrogen-bond acceptors (Lipinski definition) is 2. The zero-order valence-electron chi connectivity index (χ0n) is 25.4. The lowest BCUT2D eigenvalue weighted by atomic mass is 10.0. The van der Waals surface area contributed by atoms with Gasteiger partial charge in [0.2, 0.25) is 0 Å². The summed E-state index contributed by atoms with van der Waals surface area (Å²) in [7, 11) is 0. The van der Waals surface area contributed by atoms with Crippen molar-refractivity contribution in [3.8, 4) is 0 Å². The first-order chi connectivity index (χ1) is 17.7. The zero-order chi connectivity index (χ0) is 26.4. The van der Waals surface area contributed by atoms with E-state index in [0.29, 0.717) is 6.42 Å². The third-order valence-corrected chi connectivity index (χ3v) is 7.78. The molecule has 0 fully saturated rings. The molecule has 0 spiro atoms. The number of carbonyl (C=O) groups excluding carboxylic acids is 1. The predicted molar refractivity (Wildman–Crippen MR) is 161 cm³/mol. The second-order valence-corrected chi connectivity index (χ2v) is 11.7. The van der Waals surface area contributed by atoms with Crippen molar-refractivity contribution in [3.63, 3.8) is 0 Å². The Bertz CT molecular complexity index is 419. The number of ether oxygens (including phenoxy) is 1. The van der Waals surface area contributed by atoms with Crippen LogP contribution in [0.25, 0.3) is 0 Å². The summed E-state index contributed by atoms with van der Waals surface area (Å²) < 4.78 is 5.63. The largest absolute Gasteiger partial charge is 0.463 e. The van der Waals surface area contributed by atoms with Crippen LogP contribution in [0.5, 0.6) is 0 Å². The molecule has 0 amide bonds. The van der Waals surface area contributed by atoms with E-state index < -0.39 is 0 Å². The zero-order valence-corrected chi connectivity index (χ0v) is 25.4. The topological polar surface area (TPSA) is 26.3 Å². The molecule has 0 rings (SSSR count). The molecule has 0 radical (unpaired) electrons. The van der Waals surface area contributed by atoms with Crippen LogP contribution >= 0.6 is 0 Å². The molecule has 0 bridgehead atoms. The van der Waals surface area contributed by atoms with Crippen molar-refractivity contribution in [2.45, 2.75) is 213 Å². The second kappa shape index (κ2) is 30.7. The van der Waals surface area contributed by atoms with Gasteiger partial charge >= 0.3 is 5.97 Å². The highest BCUT2D eigenvalue weighted by atomic mass is 16.5. The molecule has 2 nitrogen and oxygen atoms in total. The average molecular weight is 509 g/mol. The van der Waals surface area contributed by atoms with Gasteiger partial charge < -0.3 is 4.74 Å². The van der Waals surface area contributed by atoms with Crippen molar-refractivity contribution in [3.05, 3.63) is 0 Å². The molecule has 0 saturated carbocycles. The summed E-state index contributed by atoms with van der Waals surface area (Å²) in [4.78, 5) is 12.1. The molecule has 1 unspecified atom stereocenters. The Kier molecular flexibility index (Phi) is 30.2. The van der Waals surface area contributed by atoms with Crippen molar-refractivity contribution in [2.24, 2.45) is 0 Å². The fraction of sp³-hybridized carbons (Fsp3) is 0.971. The Balaban J connectivity index is 3.28. The van der Waals surface area contributed by atoms with Crippen LogP contribution in [0.3, 0.4) is 0 Å². The standard InChI is InChI=1S/C34H68O2/c1-4-6-8-10-12-14-16-18-20-21-23-25-27-29-31-33(3)36-34(35)32-30-28-26-24-22-19-17-15-13-11-9-7-5-2/h33H,4-32H2,1-3H3. The summed E-state index contributed by atoms with van der Waals surface area (Å²) >= 11 is 0. The molecule has 0 aliphatic carbocycles. The molecule has 1 atom stereocenters. The number of hydrogen-bond donors (Lipinski definition) is 0. The Morgan fingerprint density at radius 1 is 0.444 bits per heavy atom. The van der Waals surface area contributed by atoms with Gasteiger partial charge in [-0.1, -0.05) is 174 Å². The van der Waals surface area contributed by atoms with Crippen LogP contribution in [0, 0.1) is 0 Å². The monoisotopic (exact) mass is 509 g/mol. The van der Waals surface area contributed by atoms with Crippen molar-refractivity contribution >= 4 is 5.97 Å². The van der Waals surface area contributed by atoms with E-state index in [1.54, 1.807) is 0 Å². The minimum Gasteiger partial charge on any atom is -0.463 e. The predicted octanol–water partition coefficient (Wildman–Crippen LogP) is 12.3. The Labute approximate surface area is 228 Å². The molecular weight excluding hydrogens is 440 g/mol. The SMILES string of the molecule is CCCCCCCCCCCCCCCCC(C)OC(=O)CCCCCCCCCCCCCCC. The maximum Gasteiger partial charge on any atom is 0.306 e. The van der Waals surface area contributed by atoms with Crippen LogP contribution in [0.1, 0.15) is 207 Å². The van der Waals surface area contributed by atoms with Crippen molar-refractivity contribution in [2.75, 3.05) is 0 Å². The molecule has 0 aromatic carbocycles. The number of rotatable bonds is 30. The molecule has 0 saturated heterocycles. The van der Waals surface area contributed by atoms with Crippen LogP contribution in [0.2, 0.25) is 0 Å². The first-order valence-electron chi connectivity index (χ1n) is 16.9. The van der Waals surface area contributed by atoms with E-state index in [1.807, 2.05) is 0 Å². The lowest BCUT2D eigenvalue weighted by molar-refractivity contribution is -0.148. The third kappa shape index (κ3) is 29.7. The molecule has 0 aromatic heterocycles. The highest BCUT2D eigenvalue weighted by Gasteiger charge is 2.09. The Morgan fingerprint density at radius 3 is 1.06 bits per heavy atom. The minimum atomic E-state index is 0.0240. The molecule has 0 aliphatic rings. The highest BCUT2D eigenvalue weighted by molar-refractivity contribution is 5.69. The van der Waals surface area contributed by atoms with Crippen molar-refractivity contribution in [1.29, 1.82) is 0 Å². The van der Waals surface area contributed by atoms with E-state index in [0.717, 1.165) is 12.8 Å².